The van der Waals surface area contributed by atoms with Crippen molar-refractivity contribution in [2.45, 2.75) is 99.3 Å². The third-order valence-electron chi connectivity index (χ3n) is 6.27. The van der Waals surface area contributed by atoms with E-state index in [0.717, 1.165) is 12.8 Å². The normalized spacial score (nSPS) is 14.5. The lowest BCUT2D eigenvalue weighted by molar-refractivity contribution is 0.0762. The quantitative estimate of drug-likeness (QED) is 0.352. The summed E-state index contributed by atoms with van der Waals surface area (Å²) in [7, 11) is -2.06. The van der Waals surface area contributed by atoms with Gasteiger partial charge in [0.15, 0.2) is 11.5 Å². The molecule has 192 valence electrons. The lowest BCUT2D eigenvalue weighted by Crippen LogP contribution is -2.39. The number of benzene rings is 1. The summed E-state index contributed by atoms with van der Waals surface area (Å²) >= 11 is 0. The topological polar surface area (TPSA) is 93.1 Å². The highest BCUT2D eigenvalue weighted by Crippen LogP contribution is 2.60. The third-order valence-corrected chi connectivity index (χ3v) is 7.20. The van der Waals surface area contributed by atoms with Crippen molar-refractivity contribution >= 4 is 10.1 Å². The van der Waals surface area contributed by atoms with Gasteiger partial charge in [0.1, 0.15) is 4.90 Å². The molecule has 0 aromatic heterocycles. The molecule has 2 N–H and O–H groups in total. The van der Waals surface area contributed by atoms with Crippen LogP contribution in [0.5, 0.6) is 17.2 Å². The average Bonchev–Trinajstić information content (AvgIpc) is 2.56. The van der Waals surface area contributed by atoms with Crippen molar-refractivity contribution in [3.63, 3.8) is 0 Å². The van der Waals surface area contributed by atoms with Gasteiger partial charge < -0.3 is 14.6 Å². The Morgan fingerprint density at radius 3 is 1.73 bits per heavy atom. The van der Waals surface area contributed by atoms with E-state index in [-0.39, 0.29) is 44.3 Å². The molecule has 0 amide bonds. The highest BCUT2D eigenvalue weighted by Gasteiger charge is 2.48. The van der Waals surface area contributed by atoms with Gasteiger partial charge in [-0.2, -0.15) is 8.42 Å². The van der Waals surface area contributed by atoms with Crippen LogP contribution in [-0.2, 0) is 16.5 Å². The van der Waals surface area contributed by atoms with Gasteiger partial charge in [-0.3, -0.25) is 4.55 Å². The number of phenols is 1. The van der Waals surface area contributed by atoms with Crippen LogP contribution in [0.15, 0.2) is 4.90 Å². The number of methoxy groups -OCH3 is 2. The van der Waals surface area contributed by atoms with E-state index >= 15 is 0 Å². The highest BCUT2D eigenvalue weighted by atomic mass is 32.2. The molecule has 1 atom stereocenters. The standard InChI is InChI=1S/C26H46O6S/c1-13-17-18(22(33(28,29)30)21(32-12)20(31-11)19(17)27)23(25(7,8)14-16(2)3)26(9,10)15-24(4,5)6/h16,23,27H,13-15H2,1-12H3,(H,28,29,30). The van der Waals surface area contributed by atoms with Crippen molar-refractivity contribution in [2.75, 3.05) is 14.2 Å². The molecule has 1 unspecified atom stereocenters. The molecule has 0 fully saturated rings. The van der Waals surface area contributed by atoms with Gasteiger partial charge >= 0.3 is 0 Å². The van der Waals surface area contributed by atoms with E-state index in [1.54, 1.807) is 0 Å². The zero-order valence-electron chi connectivity index (χ0n) is 22.7. The molecule has 1 aromatic carbocycles. The van der Waals surface area contributed by atoms with Crippen LogP contribution >= 0.6 is 0 Å². The molecule has 6 nitrogen and oxygen atoms in total. The highest BCUT2D eigenvalue weighted by molar-refractivity contribution is 7.86. The van der Waals surface area contributed by atoms with Gasteiger partial charge in [-0.1, -0.05) is 69.2 Å². The van der Waals surface area contributed by atoms with Crippen molar-refractivity contribution in [2.24, 2.45) is 22.2 Å². The molecule has 7 heteroatoms. The van der Waals surface area contributed by atoms with Crippen molar-refractivity contribution in [3.05, 3.63) is 11.1 Å². The first-order valence-corrected chi connectivity index (χ1v) is 13.2. The van der Waals surface area contributed by atoms with E-state index in [1.807, 2.05) is 6.92 Å². The third kappa shape index (κ3) is 6.56. The van der Waals surface area contributed by atoms with Crippen molar-refractivity contribution in [3.8, 4) is 17.2 Å². The smallest absolute Gasteiger partial charge is 0.298 e. The fraction of sp³-hybridized carbons (Fsp3) is 0.769. The SMILES string of the molecule is CCc1c(O)c(OC)c(OC)c(S(=O)(=O)O)c1C(C(C)(C)CC(C)C)C(C)(C)CC(C)(C)C. The first-order valence-electron chi connectivity index (χ1n) is 11.7. The summed E-state index contributed by atoms with van der Waals surface area (Å²) in [4.78, 5) is -0.305. The molecule has 0 heterocycles. The first kappa shape index (κ1) is 29.6. The molecule has 0 radical (unpaired) electrons. The second kappa shape index (κ2) is 10.0. The van der Waals surface area contributed by atoms with Gasteiger partial charge in [0.2, 0.25) is 5.75 Å². The molecule has 0 saturated heterocycles. The molecule has 0 aliphatic rings. The van der Waals surface area contributed by atoms with Crippen LogP contribution in [0.3, 0.4) is 0 Å². The monoisotopic (exact) mass is 486 g/mol. The Balaban J connectivity index is 4.36. The van der Waals surface area contributed by atoms with Crippen LogP contribution in [0.1, 0.15) is 99.1 Å². The van der Waals surface area contributed by atoms with Crippen LogP contribution in [0.25, 0.3) is 0 Å². The van der Waals surface area contributed by atoms with Crippen molar-refractivity contribution in [1.29, 1.82) is 0 Å². The average molecular weight is 487 g/mol. The first-order chi connectivity index (χ1) is 14.7. The van der Waals surface area contributed by atoms with E-state index in [0.29, 0.717) is 23.5 Å². The van der Waals surface area contributed by atoms with Gasteiger partial charge in [0.25, 0.3) is 10.1 Å². The molecule has 33 heavy (non-hydrogen) atoms. The maximum Gasteiger partial charge on any atom is 0.298 e. The van der Waals surface area contributed by atoms with Gasteiger partial charge in [-0.15, -0.1) is 0 Å². The maximum atomic E-state index is 12.9. The Morgan fingerprint density at radius 2 is 1.39 bits per heavy atom. The largest absolute Gasteiger partial charge is 0.504 e. The van der Waals surface area contributed by atoms with Gasteiger partial charge in [0.05, 0.1) is 14.2 Å². The summed E-state index contributed by atoms with van der Waals surface area (Å²) in [6, 6.07) is 0. The number of hydrogen-bond acceptors (Lipinski definition) is 5. The van der Waals surface area contributed by atoms with Crippen LogP contribution < -0.4 is 9.47 Å². The van der Waals surface area contributed by atoms with Crippen LogP contribution in [0, 0.1) is 22.2 Å². The van der Waals surface area contributed by atoms with E-state index in [2.05, 4.69) is 62.3 Å². The zero-order chi connectivity index (χ0) is 26.2. The van der Waals surface area contributed by atoms with Gasteiger partial charge in [-0.25, -0.2) is 0 Å². The predicted octanol–water partition coefficient (Wildman–Crippen LogP) is 6.84. The summed E-state index contributed by atoms with van der Waals surface area (Å²) < 4.78 is 47.0. The molecular formula is C26H46O6S. The van der Waals surface area contributed by atoms with Crippen LogP contribution in [0.2, 0.25) is 0 Å². The minimum Gasteiger partial charge on any atom is -0.504 e. The maximum absolute atomic E-state index is 12.9. The molecular weight excluding hydrogens is 440 g/mol. The Labute approximate surface area is 201 Å². The zero-order valence-corrected chi connectivity index (χ0v) is 23.5. The molecule has 1 aromatic rings. The summed E-state index contributed by atoms with van der Waals surface area (Å²) in [5, 5.41) is 11.2. The van der Waals surface area contributed by atoms with Crippen molar-refractivity contribution < 1.29 is 27.6 Å². The van der Waals surface area contributed by atoms with E-state index in [9.17, 15) is 18.1 Å². The van der Waals surface area contributed by atoms with E-state index in [4.69, 9.17) is 9.47 Å². The minimum absolute atomic E-state index is 0.0289. The summed E-state index contributed by atoms with van der Waals surface area (Å²) in [5.41, 5.74) is 0.114. The summed E-state index contributed by atoms with van der Waals surface area (Å²) in [5.74, 6) is -0.345. The fourth-order valence-corrected chi connectivity index (χ4v) is 7.44. The molecule has 0 bridgehead atoms. The Hall–Kier alpha value is -1.47. The van der Waals surface area contributed by atoms with E-state index < -0.39 is 10.1 Å². The lowest BCUT2D eigenvalue weighted by Gasteiger charge is -2.49. The minimum atomic E-state index is -4.71. The van der Waals surface area contributed by atoms with Crippen LogP contribution in [-0.4, -0.2) is 32.3 Å². The van der Waals surface area contributed by atoms with Gasteiger partial charge in [0, 0.05) is 5.56 Å². The van der Waals surface area contributed by atoms with E-state index in [1.165, 1.54) is 14.2 Å². The molecule has 0 aliphatic heterocycles. The summed E-state index contributed by atoms with van der Waals surface area (Å²) in [6.07, 6.45) is 1.99. The van der Waals surface area contributed by atoms with Crippen molar-refractivity contribution in [1.82, 2.24) is 0 Å². The second-order valence-electron chi connectivity index (χ2n) is 12.2. The predicted molar refractivity (Wildman–Crippen MR) is 134 cm³/mol. The Bertz CT molecular complexity index is 937. The number of phenolic OH excluding ortho intramolecular Hbond substituents is 1. The number of ether oxygens (including phenoxy) is 2. The Morgan fingerprint density at radius 1 is 0.909 bits per heavy atom. The molecule has 0 aliphatic carbocycles. The number of hydrogen-bond donors (Lipinski definition) is 2. The summed E-state index contributed by atoms with van der Waals surface area (Å²) in [6.45, 7) is 21.2. The molecule has 0 spiro atoms. The van der Waals surface area contributed by atoms with Gasteiger partial charge in [-0.05, 0) is 52.9 Å². The second-order valence-corrected chi connectivity index (χ2v) is 13.6. The fourth-order valence-electron chi connectivity index (χ4n) is 6.51. The number of aromatic hydroxyl groups is 1. The Kier molecular flexibility index (Phi) is 8.98. The molecule has 1 rings (SSSR count). The van der Waals surface area contributed by atoms with Crippen LogP contribution in [0.4, 0.5) is 0 Å². The molecule has 0 saturated carbocycles. The lowest BCUT2D eigenvalue weighted by atomic mass is 9.56. The number of rotatable bonds is 10.